The van der Waals surface area contributed by atoms with Gasteiger partial charge in [-0.3, -0.25) is 4.79 Å². The Balaban J connectivity index is 2.15. The molecule has 5 atom stereocenters. The lowest BCUT2D eigenvalue weighted by Gasteiger charge is -2.44. The quantitative estimate of drug-likeness (QED) is 0.385. The molecule has 9 heteroatoms. The lowest BCUT2D eigenvalue weighted by molar-refractivity contribution is -0.260. The number of aliphatic hydroxyl groups is 2. The molecule has 2 rings (SSSR count). The number of hydrogen-bond acceptors (Lipinski definition) is 6. The van der Waals surface area contributed by atoms with E-state index >= 15 is 0 Å². The molecule has 0 aromatic rings. The van der Waals surface area contributed by atoms with Crippen LogP contribution in [0.2, 0.25) is 0 Å². The largest absolute Gasteiger partial charge is 0.394 e. The fraction of sp³-hybridized carbons (Fsp3) is 0.929. The van der Waals surface area contributed by atoms with E-state index in [2.05, 4.69) is 15.3 Å². The van der Waals surface area contributed by atoms with E-state index in [-0.39, 0.29) is 12.0 Å². The molecule has 0 radical (unpaired) electrons. The molecular formula is C14H24N4O5. The van der Waals surface area contributed by atoms with E-state index in [1.165, 1.54) is 13.3 Å². The molecule has 1 amide bonds. The summed E-state index contributed by atoms with van der Waals surface area (Å²) in [7, 11) is 0. The first-order valence-electron chi connectivity index (χ1n) is 7.98. The molecule has 2 fully saturated rings. The molecule has 0 aromatic carbocycles. The number of carbonyl (C=O) groups is 1. The van der Waals surface area contributed by atoms with Gasteiger partial charge in [-0.05, 0) is 18.4 Å². The number of azide groups is 1. The third-order valence-electron chi connectivity index (χ3n) is 4.31. The number of rotatable bonds is 5. The van der Waals surface area contributed by atoms with E-state index in [4.69, 9.17) is 15.0 Å². The molecule has 9 nitrogen and oxygen atoms in total. The van der Waals surface area contributed by atoms with Gasteiger partial charge in [-0.15, -0.1) is 0 Å². The van der Waals surface area contributed by atoms with Crippen molar-refractivity contribution in [3.8, 4) is 0 Å². The van der Waals surface area contributed by atoms with E-state index < -0.39 is 37.2 Å². The topological polar surface area (TPSA) is 137 Å². The van der Waals surface area contributed by atoms with Crippen LogP contribution in [0, 0.1) is 0 Å². The number of nitrogens with one attached hydrogen (secondary N) is 1. The van der Waals surface area contributed by atoms with Gasteiger partial charge in [-0.1, -0.05) is 24.4 Å². The third kappa shape index (κ3) is 4.55. The number of aliphatic hydroxyl groups excluding tert-OH is 2. The Morgan fingerprint density at radius 3 is 2.70 bits per heavy atom. The molecule has 23 heavy (non-hydrogen) atoms. The first kappa shape index (κ1) is 18.0. The van der Waals surface area contributed by atoms with Crippen molar-refractivity contribution in [2.45, 2.75) is 75.7 Å². The van der Waals surface area contributed by atoms with Crippen molar-refractivity contribution < 1.29 is 24.5 Å². The lowest BCUT2D eigenvalue weighted by atomic mass is 9.94. The lowest BCUT2D eigenvalue weighted by Crippen LogP contribution is -2.64. The minimum absolute atomic E-state index is 0.00688. The molecule has 1 aliphatic heterocycles. The first-order chi connectivity index (χ1) is 11.1. The van der Waals surface area contributed by atoms with Crippen molar-refractivity contribution in [3.05, 3.63) is 10.4 Å². The van der Waals surface area contributed by atoms with Crippen molar-refractivity contribution in [1.82, 2.24) is 5.32 Å². The van der Waals surface area contributed by atoms with Gasteiger partial charge in [0.15, 0.2) is 6.29 Å². The summed E-state index contributed by atoms with van der Waals surface area (Å²) >= 11 is 0. The van der Waals surface area contributed by atoms with Gasteiger partial charge in [0.2, 0.25) is 5.91 Å². The Bertz CT molecular complexity index is 450. The number of nitrogens with zero attached hydrogens (tertiary/aromatic N) is 3. The van der Waals surface area contributed by atoms with Crippen molar-refractivity contribution in [2.75, 3.05) is 6.61 Å². The van der Waals surface area contributed by atoms with Crippen molar-refractivity contribution in [2.24, 2.45) is 5.11 Å². The fourth-order valence-corrected chi connectivity index (χ4v) is 3.18. The average Bonchev–Trinajstić information content (AvgIpc) is 2.54. The maximum absolute atomic E-state index is 11.4. The number of amides is 1. The van der Waals surface area contributed by atoms with Gasteiger partial charge in [-0.2, -0.15) is 0 Å². The van der Waals surface area contributed by atoms with Crippen molar-refractivity contribution >= 4 is 5.91 Å². The third-order valence-corrected chi connectivity index (χ3v) is 4.31. The molecule has 1 saturated heterocycles. The van der Waals surface area contributed by atoms with Crippen LogP contribution in [-0.2, 0) is 14.3 Å². The zero-order chi connectivity index (χ0) is 16.8. The summed E-state index contributed by atoms with van der Waals surface area (Å²) in [6, 6.07) is -1.85. The van der Waals surface area contributed by atoms with Crippen LogP contribution < -0.4 is 5.32 Å². The first-order valence-corrected chi connectivity index (χ1v) is 7.98. The van der Waals surface area contributed by atoms with E-state index in [9.17, 15) is 15.0 Å². The fourth-order valence-electron chi connectivity index (χ4n) is 3.18. The maximum atomic E-state index is 11.4. The Labute approximate surface area is 134 Å². The van der Waals surface area contributed by atoms with Crippen LogP contribution in [0.3, 0.4) is 0 Å². The molecule has 1 saturated carbocycles. The van der Waals surface area contributed by atoms with Gasteiger partial charge in [0.25, 0.3) is 0 Å². The van der Waals surface area contributed by atoms with Crippen molar-refractivity contribution in [3.63, 3.8) is 0 Å². The Morgan fingerprint density at radius 1 is 1.43 bits per heavy atom. The normalized spacial score (nSPS) is 35.3. The molecule has 130 valence electrons. The Hall–Kier alpha value is -1.38. The molecule has 0 unspecified atom stereocenters. The van der Waals surface area contributed by atoms with Gasteiger partial charge in [0.05, 0.1) is 31.0 Å². The molecule has 2 aliphatic rings. The number of hydrogen-bond donors (Lipinski definition) is 3. The zero-order valence-electron chi connectivity index (χ0n) is 13.2. The van der Waals surface area contributed by atoms with Crippen LogP contribution in [0.1, 0.15) is 39.0 Å². The van der Waals surface area contributed by atoms with Gasteiger partial charge >= 0.3 is 0 Å². The maximum Gasteiger partial charge on any atom is 0.217 e. The van der Waals surface area contributed by atoms with Crippen LogP contribution in [0.15, 0.2) is 5.11 Å². The van der Waals surface area contributed by atoms with Crippen LogP contribution in [0.25, 0.3) is 10.4 Å². The van der Waals surface area contributed by atoms with Crippen LogP contribution >= 0.6 is 0 Å². The van der Waals surface area contributed by atoms with E-state index in [1.54, 1.807) is 0 Å². The summed E-state index contributed by atoms with van der Waals surface area (Å²) in [5.41, 5.74) is 8.64. The average molecular weight is 328 g/mol. The summed E-state index contributed by atoms with van der Waals surface area (Å²) in [6.07, 6.45) is 2.12. The second kappa shape index (κ2) is 8.47. The Morgan fingerprint density at radius 2 is 2.13 bits per heavy atom. The van der Waals surface area contributed by atoms with Gasteiger partial charge < -0.3 is 25.0 Å². The molecule has 3 N–H and O–H groups in total. The summed E-state index contributed by atoms with van der Waals surface area (Å²) in [6.45, 7) is 0.906. The second-order valence-electron chi connectivity index (χ2n) is 6.03. The highest BCUT2D eigenvalue weighted by Crippen LogP contribution is 2.29. The van der Waals surface area contributed by atoms with Crippen molar-refractivity contribution in [1.29, 1.82) is 0 Å². The summed E-state index contributed by atoms with van der Waals surface area (Å²) < 4.78 is 11.6. The zero-order valence-corrected chi connectivity index (χ0v) is 13.2. The number of carbonyl (C=O) groups excluding carboxylic acids is 1. The van der Waals surface area contributed by atoms with Gasteiger partial charge in [0, 0.05) is 11.8 Å². The van der Waals surface area contributed by atoms with Crippen LogP contribution in [0.5, 0.6) is 0 Å². The summed E-state index contributed by atoms with van der Waals surface area (Å²) in [5.74, 6) is -0.350. The standard InChI is InChI=1S/C14H24N4O5/c1-8(20)16-12-13(21)11(17-18-15)10(7-19)23-14(12)22-9-5-3-2-4-6-9/h9-14,19,21H,2-7H2,1H3,(H,16,20)/t10-,11+,12-,13+,14-/m1/s1. The van der Waals surface area contributed by atoms with Gasteiger partial charge in [-0.25, -0.2) is 0 Å². The number of ether oxygens (including phenoxy) is 2. The predicted molar refractivity (Wildman–Crippen MR) is 80.3 cm³/mol. The Kier molecular flexibility index (Phi) is 6.61. The van der Waals surface area contributed by atoms with Gasteiger partial charge in [0.1, 0.15) is 6.04 Å². The summed E-state index contributed by atoms with van der Waals surface area (Å²) in [4.78, 5) is 14.1. The van der Waals surface area contributed by atoms with Crippen LogP contribution in [-0.4, -0.2) is 59.4 Å². The van der Waals surface area contributed by atoms with E-state index in [0.29, 0.717) is 0 Å². The highest BCUT2D eigenvalue weighted by atomic mass is 16.7. The molecule has 0 spiro atoms. The second-order valence-corrected chi connectivity index (χ2v) is 6.03. The molecular weight excluding hydrogens is 304 g/mol. The molecule has 1 aliphatic carbocycles. The van der Waals surface area contributed by atoms with Crippen LogP contribution in [0.4, 0.5) is 0 Å². The summed E-state index contributed by atoms with van der Waals surface area (Å²) in [5, 5.41) is 26.0. The molecule has 1 heterocycles. The predicted octanol–water partition coefficient (Wildman–Crippen LogP) is 0.597. The molecule has 0 aromatic heterocycles. The smallest absolute Gasteiger partial charge is 0.217 e. The SMILES string of the molecule is CC(=O)N[C@H]1[C@H](OC2CCCCC2)O[C@H](CO)[C@H](N=[N+]=[N-])[C@@H]1O. The minimum Gasteiger partial charge on any atom is -0.394 e. The highest BCUT2D eigenvalue weighted by molar-refractivity contribution is 5.73. The van der Waals surface area contributed by atoms with E-state index in [0.717, 1.165) is 25.7 Å². The molecule has 0 bridgehead atoms. The minimum atomic E-state index is -1.20. The monoisotopic (exact) mass is 328 g/mol. The highest BCUT2D eigenvalue weighted by Gasteiger charge is 2.46. The van der Waals surface area contributed by atoms with E-state index in [1.807, 2.05) is 0 Å².